The molecule has 0 spiro atoms. The SMILES string of the molecule is CO[C@H]1O[C@H](CN[C@@H]2[C@H](O)[C@@H](O)[C@H](O)[C@H]3COC(=O)N32)[C@@H](O)[C@H](O)[C@H]1O. The minimum atomic E-state index is -1.53. The Hall–Kier alpha value is -1.09. The molecule has 0 unspecified atom stereocenters. The highest BCUT2D eigenvalue weighted by Crippen LogP contribution is 2.29. The van der Waals surface area contributed by atoms with Gasteiger partial charge in [0.15, 0.2) is 6.29 Å². The summed E-state index contributed by atoms with van der Waals surface area (Å²) in [6, 6.07) is -0.838. The molecule has 7 N–H and O–H groups in total. The van der Waals surface area contributed by atoms with Gasteiger partial charge in [-0.25, -0.2) is 4.79 Å². The Bertz CT molecular complexity index is 522. The van der Waals surface area contributed by atoms with Gasteiger partial charge in [0.1, 0.15) is 55.5 Å². The van der Waals surface area contributed by atoms with Gasteiger partial charge in [0, 0.05) is 13.7 Å². The minimum absolute atomic E-state index is 0.138. The smallest absolute Gasteiger partial charge is 0.411 e. The van der Waals surface area contributed by atoms with Crippen molar-refractivity contribution >= 4 is 6.09 Å². The Labute approximate surface area is 148 Å². The highest BCUT2D eigenvalue weighted by molar-refractivity contribution is 5.71. The number of piperidine rings is 1. The van der Waals surface area contributed by atoms with Gasteiger partial charge in [-0.15, -0.1) is 0 Å². The number of methoxy groups -OCH3 is 1. The van der Waals surface area contributed by atoms with Crippen molar-refractivity contribution in [1.29, 1.82) is 0 Å². The first-order valence-corrected chi connectivity index (χ1v) is 8.23. The van der Waals surface area contributed by atoms with E-state index in [0.29, 0.717) is 0 Å². The van der Waals surface area contributed by atoms with E-state index in [0.717, 1.165) is 4.90 Å². The first-order valence-electron chi connectivity index (χ1n) is 8.23. The van der Waals surface area contributed by atoms with E-state index in [-0.39, 0.29) is 13.2 Å². The Morgan fingerprint density at radius 2 is 1.69 bits per heavy atom. The van der Waals surface area contributed by atoms with Crippen LogP contribution in [0.4, 0.5) is 4.79 Å². The van der Waals surface area contributed by atoms with Gasteiger partial charge in [0.25, 0.3) is 0 Å². The van der Waals surface area contributed by atoms with Crippen molar-refractivity contribution in [2.24, 2.45) is 0 Å². The Kier molecular flexibility index (Phi) is 5.67. The van der Waals surface area contributed by atoms with E-state index >= 15 is 0 Å². The number of rotatable bonds is 4. The van der Waals surface area contributed by atoms with Gasteiger partial charge < -0.3 is 44.8 Å². The molecule has 12 nitrogen and oxygen atoms in total. The molecule has 3 aliphatic heterocycles. The third-order valence-electron chi connectivity index (χ3n) is 5.09. The summed E-state index contributed by atoms with van der Waals surface area (Å²) in [5.74, 6) is 0. The van der Waals surface area contributed by atoms with Crippen LogP contribution in [0, 0.1) is 0 Å². The number of cyclic esters (lactones) is 1. The Morgan fingerprint density at radius 1 is 1.04 bits per heavy atom. The normalized spacial score (nSPS) is 49.0. The zero-order valence-corrected chi connectivity index (χ0v) is 14.0. The largest absolute Gasteiger partial charge is 0.447 e. The van der Waals surface area contributed by atoms with Gasteiger partial charge in [0.2, 0.25) is 0 Å². The van der Waals surface area contributed by atoms with Crippen molar-refractivity contribution < 1.29 is 49.6 Å². The number of hydrogen-bond donors (Lipinski definition) is 7. The van der Waals surface area contributed by atoms with Gasteiger partial charge in [-0.1, -0.05) is 0 Å². The molecule has 0 bridgehead atoms. The average molecular weight is 380 g/mol. The molecule has 0 aromatic rings. The van der Waals surface area contributed by atoms with Gasteiger partial charge in [-0.05, 0) is 0 Å². The molecule has 0 saturated carbocycles. The molecule has 0 aromatic carbocycles. The molecule has 3 heterocycles. The summed E-state index contributed by atoms with van der Waals surface area (Å²) < 4.78 is 15.1. The van der Waals surface area contributed by atoms with E-state index < -0.39 is 67.3 Å². The maximum absolute atomic E-state index is 11.9. The number of amides is 1. The molecule has 26 heavy (non-hydrogen) atoms. The van der Waals surface area contributed by atoms with Crippen molar-refractivity contribution in [2.45, 2.75) is 61.2 Å². The lowest BCUT2D eigenvalue weighted by molar-refractivity contribution is -0.289. The number of ether oxygens (including phenoxy) is 3. The summed E-state index contributed by atoms with van der Waals surface area (Å²) in [4.78, 5) is 13.0. The standard InChI is InChI=1S/C14H24N2O10/c1-24-13-11(22)9(20)7(18)5(26-13)2-15-12-10(21)8(19)6(17)4-3-25-14(23)16(4)12/h4-13,15,17-22H,2-3H2,1H3/t4-,5-,6-,7-,8+,9+,10-,11-,12+,13+/m1/s1. The molecule has 150 valence electrons. The molecule has 0 radical (unpaired) electrons. The minimum Gasteiger partial charge on any atom is -0.447 e. The molecular formula is C14H24N2O10. The number of carbonyl (C=O) groups excluding carboxylic acids is 1. The Balaban J connectivity index is 1.70. The number of aliphatic hydroxyl groups is 6. The highest BCUT2D eigenvalue weighted by atomic mass is 16.7. The van der Waals surface area contributed by atoms with E-state index in [1.165, 1.54) is 7.11 Å². The summed E-state index contributed by atoms with van der Waals surface area (Å²) >= 11 is 0. The molecule has 12 heteroatoms. The van der Waals surface area contributed by atoms with Crippen molar-refractivity contribution in [3.05, 3.63) is 0 Å². The lowest BCUT2D eigenvalue weighted by Crippen LogP contribution is -2.70. The lowest BCUT2D eigenvalue weighted by Gasteiger charge is -2.45. The summed E-state index contributed by atoms with van der Waals surface area (Å²) in [5, 5.41) is 62.7. The van der Waals surface area contributed by atoms with Crippen LogP contribution in [0.3, 0.4) is 0 Å². The van der Waals surface area contributed by atoms with Crippen molar-refractivity contribution in [2.75, 3.05) is 20.3 Å². The van der Waals surface area contributed by atoms with Crippen molar-refractivity contribution in [1.82, 2.24) is 10.2 Å². The molecule has 3 rings (SSSR count). The monoisotopic (exact) mass is 380 g/mol. The number of aliphatic hydroxyl groups excluding tert-OH is 6. The van der Waals surface area contributed by atoms with Crippen LogP contribution in [0.5, 0.6) is 0 Å². The van der Waals surface area contributed by atoms with E-state index in [1.54, 1.807) is 0 Å². The number of nitrogens with one attached hydrogen (secondary N) is 1. The lowest BCUT2D eigenvalue weighted by atomic mass is 9.92. The van der Waals surface area contributed by atoms with Crippen LogP contribution < -0.4 is 5.32 Å². The predicted molar refractivity (Wildman–Crippen MR) is 80.5 cm³/mol. The Morgan fingerprint density at radius 3 is 2.35 bits per heavy atom. The summed E-state index contributed by atoms with van der Waals surface area (Å²) in [6.07, 6.45) is -12.9. The van der Waals surface area contributed by atoms with Crippen LogP contribution in [0.2, 0.25) is 0 Å². The zero-order valence-electron chi connectivity index (χ0n) is 14.0. The fourth-order valence-corrected chi connectivity index (χ4v) is 3.55. The molecule has 10 atom stereocenters. The van der Waals surface area contributed by atoms with Crippen LogP contribution in [0.15, 0.2) is 0 Å². The third kappa shape index (κ3) is 3.17. The van der Waals surface area contributed by atoms with Crippen LogP contribution in [-0.4, -0.2) is 123 Å². The highest BCUT2D eigenvalue weighted by Gasteiger charge is 2.54. The maximum atomic E-state index is 11.9. The van der Waals surface area contributed by atoms with E-state index in [9.17, 15) is 35.4 Å². The molecule has 3 fully saturated rings. The first-order chi connectivity index (χ1) is 12.3. The molecule has 3 aliphatic rings. The van der Waals surface area contributed by atoms with Gasteiger partial charge in [-0.2, -0.15) is 0 Å². The van der Waals surface area contributed by atoms with Crippen LogP contribution in [0.1, 0.15) is 0 Å². The summed E-state index contributed by atoms with van der Waals surface area (Å²) in [5.41, 5.74) is 0. The van der Waals surface area contributed by atoms with Gasteiger partial charge >= 0.3 is 6.09 Å². The van der Waals surface area contributed by atoms with Gasteiger partial charge in [0.05, 0.1) is 6.04 Å². The molecule has 0 aliphatic carbocycles. The van der Waals surface area contributed by atoms with E-state index in [1.807, 2.05) is 0 Å². The fraction of sp³-hybridized carbons (Fsp3) is 0.929. The second-order valence-corrected chi connectivity index (χ2v) is 6.63. The second-order valence-electron chi connectivity index (χ2n) is 6.63. The molecule has 1 amide bonds. The predicted octanol–water partition coefficient (Wildman–Crippen LogP) is -4.73. The zero-order chi connectivity index (χ0) is 19.2. The molecule has 0 aromatic heterocycles. The number of carbonyl (C=O) groups is 1. The third-order valence-corrected chi connectivity index (χ3v) is 5.09. The van der Waals surface area contributed by atoms with Crippen molar-refractivity contribution in [3.63, 3.8) is 0 Å². The van der Waals surface area contributed by atoms with Crippen LogP contribution in [0.25, 0.3) is 0 Å². The average Bonchev–Trinajstić information content (AvgIpc) is 3.01. The topological polar surface area (TPSA) is 181 Å². The molecular weight excluding hydrogens is 356 g/mol. The van der Waals surface area contributed by atoms with E-state index in [2.05, 4.69) is 5.32 Å². The maximum Gasteiger partial charge on any atom is 0.411 e. The van der Waals surface area contributed by atoms with Gasteiger partial charge in [-0.3, -0.25) is 10.2 Å². The number of hydrogen-bond acceptors (Lipinski definition) is 11. The first kappa shape index (κ1) is 19.7. The number of nitrogens with zero attached hydrogens (tertiary/aromatic N) is 1. The fourth-order valence-electron chi connectivity index (χ4n) is 3.55. The summed E-state index contributed by atoms with van der Waals surface area (Å²) in [7, 11) is 1.26. The number of fused-ring (bicyclic) bond motifs is 1. The van der Waals surface area contributed by atoms with E-state index in [4.69, 9.17) is 14.2 Å². The quantitative estimate of drug-likeness (QED) is 0.249. The second kappa shape index (κ2) is 7.50. The van der Waals surface area contributed by atoms with Crippen molar-refractivity contribution in [3.8, 4) is 0 Å². The van der Waals surface area contributed by atoms with Crippen LogP contribution in [-0.2, 0) is 14.2 Å². The summed E-state index contributed by atoms with van der Waals surface area (Å²) in [6.45, 7) is -0.299. The van der Waals surface area contributed by atoms with Crippen LogP contribution >= 0.6 is 0 Å². The molecule has 3 saturated heterocycles.